The molecule has 1 aliphatic heterocycles. The van der Waals surface area contributed by atoms with Crippen LogP contribution in [0.1, 0.15) is 28.9 Å². The normalized spacial score (nSPS) is 16.1. The van der Waals surface area contributed by atoms with Crippen LogP contribution < -0.4 is 4.72 Å². The number of benzene rings is 2. The molecule has 1 saturated heterocycles. The average molecular weight is 427 g/mol. The first-order valence-corrected chi connectivity index (χ1v) is 10.1. The third-order valence-electron chi connectivity index (χ3n) is 4.97. The highest BCUT2D eigenvalue weighted by molar-refractivity contribution is 7.73. The Morgan fingerprint density at radius 1 is 1.03 bits per heavy atom. The molecule has 1 atom stereocenters. The smallest absolute Gasteiger partial charge is 0.253 e. The number of amides is 1. The first kappa shape index (κ1) is 21.1. The summed E-state index contributed by atoms with van der Waals surface area (Å²) >= 11 is 0. The molecule has 2 aromatic carbocycles. The quantitative estimate of drug-likeness (QED) is 0.569. The summed E-state index contributed by atoms with van der Waals surface area (Å²) in [6, 6.07) is 7.02. The van der Waals surface area contributed by atoms with E-state index in [0.29, 0.717) is 43.5 Å². The van der Waals surface area contributed by atoms with Gasteiger partial charge in [-0.05, 0) is 37.3 Å². The molecule has 0 spiro atoms. The highest BCUT2D eigenvalue weighted by atomic mass is 32.2. The van der Waals surface area contributed by atoms with Gasteiger partial charge in [-0.3, -0.25) is 14.4 Å². The molecule has 29 heavy (non-hydrogen) atoms. The molecular weight excluding hydrogens is 407 g/mol. The van der Waals surface area contributed by atoms with Crippen LogP contribution in [-0.4, -0.2) is 50.3 Å². The molecule has 6 nitrogen and oxygen atoms in total. The molecule has 2 aromatic rings. The standard InChI is InChI=1S/C19H20F3N3O3S/c1-12(16-10-14(20)11-17(21)18(16)22)24-6-8-25(9-7-24)19(26)13-2-4-15(5-3-13)23-29(27)28/h2-5,10-12,29H,6-9H2,1H3,(H,23,27,28). The number of halogens is 3. The van der Waals surface area contributed by atoms with Crippen LogP contribution in [0.15, 0.2) is 36.4 Å². The molecule has 1 aliphatic rings. The predicted molar refractivity (Wildman–Crippen MR) is 103 cm³/mol. The summed E-state index contributed by atoms with van der Waals surface area (Å²) in [6.45, 7) is 3.24. The highest BCUT2D eigenvalue weighted by Crippen LogP contribution is 2.27. The Labute approximate surface area is 168 Å². The Balaban J connectivity index is 1.63. The van der Waals surface area contributed by atoms with Crippen molar-refractivity contribution in [1.82, 2.24) is 9.80 Å². The summed E-state index contributed by atoms with van der Waals surface area (Å²) in [6.07, 6.45) is 0. The molecule has 0 aromatic heterocycles. The molecule has 1 amide bonds. The van der Waals surface area contributed by atoms with Gasteiger partial charge in [0.15, 0.2) is 11.6 Å². The lowest BCUT2D eigenvalue weighted by Crippen LogP contribution is -2.49. The number of piperazine rings is 1. The Kier molecular flexibility index (Phi) is 6.43. The van der Waals surface area contributed by atoms with Crippen molar-refractivity contribution in [1.29, 1.82) is 0 Å². The molecule has 0 bridgehead atoms. The molecule has 0 radical (unpaired) electrons. The van der Waals surface area contributed by atoms with E-state index in [1.54, 1.807) is 11.8 Å². The average Bonchev–Trinajstić information content (AvgIpc) is 2.70. The van der Waals surface area contributed by atoms with Gasteiger partial charge in [0, 0.05) is 55.1 Å². The zero-order valence-corrected chi connectivity index (χ0v) is 16.5. The molecule has 1 fully saturated rings. The number of thiol groups is 1. The number of carbonyl (C=O) groups excluding carboxylic acids is 1. The van der Waals surface area contributed by atoms with Gasteiger partial charge in [-0.2, -0.15) is 0 Å². The maximum Gasteiger partial charge on any atom is 0.253 e. The molecule has 0 saturated carbocycles. The number of nitrogens with zero attached hydrogens (tertiary/aromatic N) is 2. The summed E-state index contributed by atoms with van der Waals surface area (Å²) in [5.74, 6) is -3.33. The second-order valence-electron chi connectivity index (χ2n) is 6.74. The largest absolute Gasteiger partial charge is 0.336 e. The third kappa shape index (κ3) is 4.88. The fourth-order valence-electron chi connectivity index (χ4n) is 3.36. The summed E-state index contributed by atoms with van der Waals surface area (Å²) in [4.78, 5) is 16.1. The first-order valence-electron chi connectivity index (χ1n) is 8.95. The molecule has 3 rings (SSSR count). The van der Waals surface area contributed by atoms with E-state index in [1.165, 1.54) is 24.3 Å². The van der Waals surface area contributed by atoms with Crippen LogP contribution in [0.25, 0.3) is 0 Å². The lowest BCUT2D eigenvalue weighted by molar-refractivity contribution is 0.0578. The zero-order valence-electron chi connectivity index (χ0n) is 15.6. The highest BCUT2D eigenvalue weighted by Gasteiger charge is 2.27. The van der Waals surface area contributed by atoms with Crippen LogP contribution >= 0.6 is 0 Å². The maximum absolute atomic E-state index is 14.0. The van der Waals surface area contributed by atoms with Crippen LogP contribution in [0.4, 0.5) is 18.9 Å². The fraction of sp³-hybridized carbons (Fsp3) is 0.316. The summed E-state index contributed by atoms with van der Waals surface area (Å²) in [5, 5.41) is 0. The molecule has 1 unspecified atom stereocenters. The molecule has 156 valence electrons. The van der Waals surface area contributed by atoms with Gasteiger partial charge in [-0.25, -0.2) is 21.6 Å². The summed E-state index contributed by atoms with van der Waals surface area (Å²) < 4.78 is 64.6. The van der Waals surface area contributed by atoms with Crippen molar-refractivity contribution < 1.29 is 26.4 Å². The van der Waals surface area contributed by atoms with Gasteiger partial charge in [0.1, 0.15) is 5.82 Å². The monoisotopic (exact) mass is 427 g/mol. The van der Waals surface area contributed by atoms with Crippen LogP contribution in [0.5, 0.6) is 0 Å². The number of hydrogen-bond donors (Lipinski definition) is 2. The Hall–Kier alpha value is -2.59. The van der Waals surface area contributed by atoms with Crippen LogP contribution in [0.2, 0.25) is 0 Å². The van der Waals surface area contributed by atoms with Crippen LogP contribution in [0.3, 0.4) is 0 Å². The van der Waals surface area contributed by atoms with E-state index in [9.17, 15) is 26.4 Å². The van der Waals surface area contributed by atoms with Gasteiger partial charge in [-0.15, -0.1) is 0 Å². The topological polar surface area (TPSA) is 69.7 Å². The second-order valence-corrected chi connectivity index (χ2v) is 7.48. The van der Waals surface area contributed by atoms with Crippen LogP contribution in [0, 0.1) is 17.5 Å². The van der Waals surface area contributed by atoms with Gasteiger partial charge in [0.05, 0.1) is 0 Å². The Bertz CT molecular complexity index is 967. The molecule has 1 N–H and O–H groups in total. The summed E-state index contributed by atoms with van der Waals surface area (Å²) in [5.41, 5.74) is 0.721. The maximum atomic E-state index is 14.0. The van der Waals surface area contributed by atoms with Gasteiger partial charge in [0.2, 0.25) is 10.9 Å². The first-order chi connectivity index (χ1) is 13.8. The molecule has 1 heterocycles. The second kappa shape index (κ2) is 8.83. The van der Waals surface area contributed by atoms with E-state index in [1.807, 2.05) is 4.90 Å². The van der Waals surface area contributed by atoms with Gasteiger partial charge in [-0.1, -0.05) is 0 Å². The fourth-order valence-corrected chi connectivity index (χ4v) is 3.72. The molecular formula is C19H20F3N3O3S. The minimum Gasteiger partial charge on any atom is -0.336 e. The van der Waals surface area contributed by atoms with Gasteiger partial charge < -0.3 is 4.90 Å². The van der Waals surface area contributed by atoms with E-state index in [-0.39, 0.29) is 11.5 Å². The minimum atomic E-state index is -2.78. The Morgan fingerprint density at radius 2 is 1.66 bits per heavy atom. The van der Waals surface area contributed by atoms with E-state index in [2.05, 4.69) is 4.72 Å². The SMILES string of the molecule is CC(c1cc(F)cc(F)c1F)N1CCN(C(=O)c2ccc(N[SH](=O)=O)cc2)CC1. The minimum absolute atomic E-state index is 0.0536. The lowest BCUT2D eigenvalue weighted by Gasteiger charge is -2.38. The van der Waals surface area contributed by atoms with Gasteiger partial charge in [0.25, 0.3) is 5.91 Å². The number of hydrogen-bond acceptors (Lipinski definition) is 4. The van der Waals surface area contributed by atoms with Crippen LogP contribution in [-0.2, 0) is 10.9 Å². The van der Waals surface area contributed by atoms with Crippen molar-refractivity contribution in [2.75, 3.05) is 30.9 Å². The van der Waals surface area contributed by atoms with E-state index in [4.69, 9.17) is 0 Å². The van der Waals surface area contributed by atoms with Crippen molar-refractivity contribution in [2.24, 2.45) is 0 Å². The number of rotatable bonds is 5. The Morgan fingerprint density at radius 3 is 2.24 bits per heavy atom. The summed E-state index contributed by atoms with van der Waals surface area (Å²) in [7, 11) is -2.78. The number of carbonyl (C=O) groups is 1. The van der Waals surface area contributed by atoms with E-state index < -0.39 is 34.4 Å². The van der Waals surface area contributed by atoms with Gasteiger partial charge >= 0.3 is 0 Å². The predicted octanol–water partition coefficient (Wildman–Crippen LogP) is 2.56. The lowest BCUT2D eigenvalue weighted by atomic mass is 10.0. The molecule has 10 heteroatoms. The zero-order chi connectivity index (χ0) is 21.1. The third-order valence-corrected chi connectivity index (χ3v) is 5.41. The van der Waals surface area contributed by atoms with E-state index >= 15 is 0 Å². The molecule has 0 aliphatic carbocycles. The van der Waals surface area contributed by atoms with Crippen molar-refractivity contribution >= 4 is 22.5 Å². The number of anilines is 1. The van der Waals surface area contributed by atoms with Crippen molar-refractivity contribution in [3.8, 4) is 0 Å². The number of nitrogens with one attached hydrogen (secondary N) is 1. The van der Waals surface area contributed by atoms with E-state index in [0.717, 1.165) is 6.07 Å². The van der Waals surface area contributed by atoms with Crippen molar-refractivity contribution in [3.63, 3.8) is 0 Å². The van der Waals surface area contributed by atoms with Crippen molar-refractivity contribution in [3.05, 3.63) is 65.0 Å². The van der Waals surface area contributed by atoms with Crippen molar-refractivity contribution in [2.45, 2.75) is 13.0 Å².